The van der Waals surface area contributed by atoms with Crippen LogP contribution in [0.3, 0.4) is 0 Å². The number of rotatable bonds is 4. The highest BCUT2D eigenvalue weighted by Crippen LogP contribution is 2.35. The molecular formula is C12H14O2S. The van der Waals surface area contributed by atoms with Crippen molar-refractivity contribution in [3.05, 3.63) is 30.3 Å². The van der Waals surface area contributed by atoms with Crippen molar-refractivity contribution in [1.29, 1.82) is 0 Å². The molecule has 1 saturated carbocycles. The summed E-state index contributed by atoms with van der Waals surface area (Å²) in [5, 5.41) is 0.00681. The lowest BCUT2D eigenvalue weighted by Gasteiger charge is -2.33. The van der Waals surface area contributed by atoms with E-state index in [1.165, 1.54) is 0 Å². The molecule has 1 aromatic rings. The number of benzene rings is 1. The molecule has 1 fully saturated rings. The van der Waals surface area contributed by atoms with Crippen LogP contribution >= 0.6 is 11.8 Å². The first-order chi connectivity index (χ1) is 7.31. The largest absolute Gasteiger partial charge is 0.376 e. The number of carbonyl (C=O) groups excluding carboxylic acids is 1. The van der Waals surface area contributed by atoms with Crippen LogP contribution in [-0.4, -0.2) is 23.7 Å². The second-order valence-electron chi connectivity index (χ2n) is 3.52. The third-order valence-corrected chi connectivity index (χ3v) is 3.81. The molecule has 2 atom stereocenters. The topological polar surface area (TPSA) is 26.3 Å². The van der Waals surface area contributed by atoms with E-state index in [1.807, 2.05) is 37.3 Å². The second-order valence-corrected chi connectivity index (χ2v) is 4.73. The van der Waals surface area contributed by atoms with Gasteiger partial charge in [0.25, 0.3) is 0 Å². The standard InChI is InChI=1S/C12H14O2S/c1-2-14-11-8-10(13)12(11)15-9-6-4-3-5-7-9/h3-7,11-12H,2,8H2,1H3. The van der Waals surface area contributed by atoms with E-state index in [-0.39, 0.29) is 11.4 Å². The van der Waals surface area contributed by atoms with Crippen molar-refractivity contribution in [2.24, 2.45) is 0 Å². The minimum absolute atomic E-state index is 0.00681. The molecule has 3 heteroatoms. The first kappa shape index (κ1) is 10.7. The van der Waals surface area contributed by atoms with Gasteiger partial charge < -0.3 is 4.74 Å². The first-order valence-electron chi connectivity index (χ1n) is 5.17. The highest BCUT2D eigenvalue weighted by Gasteiger charge is 2.40. The van der Waals surface area contributed by atoms with Crippen molar-refractivity contribution in [2.75, 3.05) is 6.61 Å². The van der Waals surface area contributed by atoms with Gasteiger partial charge in [0.05, 0.1) is 11.4 Å². The summed E-state index contributed by atoms with van der Waals surface area (Å²) in [6.45, 7) is 2.65. The Bertz CT molecular complexity index is 337. The van der Waals surface area contributed by atoms with Gasteiger partial charge in [-0.15, -0.1) is 11.8 Å². The van der Waals surface area contributed by atoms with E-state index in [0.717, 1.165) is 4.90 Å². The molecule has 2 unspecified atom stereocenters. The van der Waals surface area contributed by atoms with Gasteiger partial charge in [0.15, 0.2) is 5.78 Å². The van der Waals surface area contributed by atoms with Crippen LogP contribution in [0.2, 0.25) is 0 Å². The Kier molecular flexibility index (Phi) is 3.44. The average Bonchev–Trinajstić information content (AvgIpc) is 2.27. The van der Waals surface area contributed by atoms with E-state index in [1.54, 1.807) is 11.8 Å². The summed E-state index contributed by atoms with van der Waals surface area (Å²) < 4.78 is 5.49. The smallest absolute Gasteiger partial charge is 0.151 e. The monoisotopic (exact) mass is 222 g/mol. The average molecular weight is 222 g/mol. The Morgan fingerprint density at radius 3 is 2.73 bits per heavy atom. The maximum atomic E-state index is 11.4. The molecule has 0 bridgehead atoms. The number of ketones is 1. The van der Waals surface area contributed by atoms with E-state index in [4.69, 9.17) is 4.74 Å². The predicted octanol–water partition coefficient (Wildman–Crippen LogP) is 2.53. The fourth-order valence-electron chi connectivity index (χ4n) is 1.62. The molecule has 2 nitrogen and oxygen atoms in total. The number of thioether (sulfide) groups is 1. The van der Waals surface area contributed by atoms with Gasteiger partial charge in [-0.05, 0) is 19.1 Å². The molecule has 1 aliphatic carbocycles. The minimum Gasteiger partial charge on any atom is -0.376 e. The third kappa shape index (κ3) is 2.41. The summed E-state index contributed by atoms with van der Waals surface area (Å²) in [6.07, 6.45) is 0.700. The van der Waals surface area contributed by atoms with Gasteiger partial charge >= 0.3 is 0 Å². The minimum atomic E-state index is 0.00681. The molecule has 0 aliphatic heterocycles. The zero-order valence-corrected chi connectivity index (χ0v) is 9.50. The lowest BCUT2D eigenvalue weighted by molar-refractivity contribution is -0.132. The highest BCUT2D eigenvalue weighted by molar-refractivity contribution is 8.00. The molecule has 0 aromatic heterocycles. The summed E-state index contributed by atoms with van der Waals surface area (Å²) in [7, 11) is 0. The van der Waals surface area contributed by atoms with Gasteiger partial charge in [0.1, 0.15) is 0 Å². The van der Waals surface area contributed by atoms with Crippen LogP contribution in [0.25, 0.3) is 0 Å². The maximum Gasteiger partial charge on any atom is 0.151 e. The maximum absolute atomic E-state index is 11.4. The summed E-state index contributed by atoms with van der Waals surface area (Å²) in [4.78, 5) is 12.6. The van der Waals surface area contributed by atoms with Crippen molar-refractivity contribution < 1.29 is 9.53 Å². The summed E-state index contributed by atoms with van der Waals surface area (Å²) >= 11 is 1.61. The Hall–Kier alpha value is -0.800. The number of hydrogen-bond donors (Lipinski definition) is 0. The number of ether oxygens (including phenoxy) is 1. The van der Waals surface area contributed by atoms with Crippen LogP contribution in [0.5, 0.6) is 0 Å². The van der Waals surface area contributed by atoms with Crippen LogP contribution in [-0.2, 0) is 9.53 Å². The summed E-state index contributed by atoms with van der Waals surface area (Å²) in [6, 6.07) is 10.0. The van der Waals surface area contributed by atoms with Crippen molar-refractivity contribution in [3.8, 4) is 0 Å². The third-order valence-electron chi connectivity index (χ3n) is 2.44. The van der Waals surface area contributed by atoms with Gasteiger partial charge in [0, 0.05) is 17.9 Å². The van der Waals surface area contributed by atoms with E-state index >= 15 is 0 Å². The molecule has 2 rings (SSSR count). The lowest BCUT2D eigenvalue weighted by atomic mass is 9.93. The van der Waals surface area contributed by atoms with Crippen molar-refractivity contribution in [1.82, 2.24) is 0 Å². The number of Topliss-reactive ketones (excluding diaryl/α,β-unsaturated/α-hetero) is 1. The molecule has 15 heavy (non-hydrogen) atoms. The van der Waals surface area contributed by atoms with Crippen molar-refractivity contribution >= 4 is 17.5 Å². The molecule has 80 valence electrons. The van der Waals surface area contributed by atoms with Gasteiger partial charge in [-0.25, -0.2) is 0 Å². The zero-order chi connectivity index (χ0) is 10.7. The van der Waals surface area contributed by atoms with E-state index in [0.29, 0.717) is 18.8 Å². The SMILES string of the molecule is CCOC1CC(=O)C1Sc1ccccc1. The first-order valence-corrected chi connectivity index (χ1v) is 6.05. The second kappa shape index (κ2) is 4.81. The fraction of sp³-hybridized carbons (Fsp3) is 0.417. The van der Waals surface area contributed by atoms with Crippen LogP contribution in [0.1, 0.15) is 13.3 Å². The number of hydrogen-bond acceptors (Lipinski definition) is 3. The Balaban J connectivity index is 1.96. The van der Waals surface area contributed by atoms with E-state index in [2.05, 4.69) is 0 Å². The molecular weight excluding hydrogens is 208 g/mol. The molecule has 1 aromatic carbocycles. The lowest BCUT2D eigenvalue weighted by Crippen LogP contribution is -2.46. The molecule has 0 radical (unpaired) electrons. The fourth-order valence-corrected chi connectivity index (χ4v) is 2.78. The van der Waals surface area contributed by atoms with Gasteiger partial charge in [0.2, 0.25) is 0 Å². The van der Waals surface area contributed by atoms with Crippen LogP contribution < -0.4 is 0 Å². The van der Waals surface area contributed by atoms with Crippen LogP contribution in [0.15, 0.2) is 35.2 Å². The molecule has 0 heterocycles. The molecule has 0 saturated heterocycles. The Morgan fingerprint density at radius 2 is 2.13 bits per heavy atom. The van der Waals surface area contributed by atoms with Crippen molar-refractivity contribution in [2.45, 2.75) is 29.6 Å². The highest BCUT2D eigenvalue weighted by atomic mass is 32.2. The Morgan fingerprint density at radius 1 is 1.40 bits per heavy atom. The molecule has 0 spiro atoms. The van der Waals surface area contributed by atoms with Crippen LogP contribution in [0.4, 0.5) is 0 Å². The predicted molar refractivity (Wildman–Crippen MR) is 61.1 cm³/mol. The number of carbonyl (C=O) groups is 1. The van der Waals surface area contributed by atoms with Crippen LogP contribution in [0, 0.1) is 0 Å². The van der Waals surface area contributed by atoms with Crippen molar-refractivity contribution in [3.63, 3.8) is 0 Å². The van der Waals surface area contributed by atoms with Gasteiger partial charge in [-0.1, -0.05) is 18.2 Å². The quantitative estimate of drug-likeness (QED) is 0.783. The summed E-state index contributed by atoms with van der Waals surface area (Å²) in [5.74, 6) is 0.308. The summed E-state index contributed by atoms with van der Waals surface area (Å²) in [5.41, 5.74) is 0. The molecule has 0 N–H and O–H groups in total. The zero-order valence-electron chi connectivity index (χ0n) is 8.68. The normalized spacial score (nSPS) is 25.0. The van der Waals surface area contributed by atoms with Gasteiger partial charge in [-0.2, -0.15) is 0 Å². The Labute approximate surface area is 94.0 Å². The van der Waals surface area contributed by atoms with E-state index in [9.17, 15) is 4.79 Å². The van der Waals surface area contributed by atoms with E-state index < -0.39 is 0 Å². The van der Waals surface area contributed by atoms with Gasteiger partial charge in [-0.3, -0.25) is 4.79 Å². The molecule has 0 amide bonds. The molecule has 1 aliphatic rings.